The molecule has 1 aromatic heterocycles. The molecule has 1 aliphatic carbocycles. The molecule has 0 radical (unpaired) electrons. The summed E-state index contributed by atoms with van der Waals surface area (Å²) in [5, 5.41) is 12.7. The second-order valence-corrected chi connectivity index (χ2v) is 4.29. The first-order valence-corrected chi connectivity index (χ1v) is 5.77. The fourth-order valence-corrected chi connectivity index (χ4v) is 2.34. The average molecular weight is 209 g/mol. The average Bonchev–Trinajstić information content (AvgIpc) is 2.79. The summed E-state index contributed by atoms with van der Waals surface area (Å²) < 4.78 is 5.27. The van der Waals surface area contributed by atoms with Gasteiger partial charge in [-0.1, -0.05) is 12.8 Å². The van der Waals surface area contributed by atoms with Crippen LogP contribution in [0.3, 0.4) is 0 Å². The van der Waals surface area contributed by atoms with Gasteiger partial charge < -0.3 is 14.8 Å². The van der Waals surface area contributed by atoms with Gasteiger partial charge in [0.25, 0.3) is 0 Å². The molecule has 1 aliphatic rings. The van der Waals surface area contributed by atoms with Gasteiger partial charge in [-0.25, -0.2) is 0 Å². The number of aliphatic hydroxyl groups is 1. The van der Waals surface area contributed by atoms with Gasteiger partial charge >= 0.3 is 0 Å². The third-order valence-electron chi connectivity index (χ3n) is 3.26. The lowest BCUT2D eigenvalue weighted by Crippen LogP contribution is -2.39. The predicted molar refractivity (Wildman–Crippen MR) is 58.4 cm³/mol. The van der Waals surface area contributed by atoms with Crippen molar-refractivity contribution in [1.82, 2.24) is 5.32 Å². The van der Waals surface area contributed by atoms with E-state index in [1.807, 2.05) is 12.1 Å². The molecule has 84 valence electrons. The Balaban J connectivity index is 1.81. The van der Waals surface area contributed by atoms with Gasteiger partial charge in [0.2, 0.25) is 0 Å². The van der Waals surface area contributed by atoms with E-state index in [1.165, 1.54) is 19.3 Å². The molecule has 3 heteroatoms. The molecule has 0 bridgehead atoms. The van der Waals surface area contributed by atoms with Crippen LogP contribution in [-0.2, 0) is 6.54 Å². The van der Waals surface area contributed by atoms with Crippen molar-refractivity contribution in [3.63, 3.8) is 0 Å². The molecular formula is C12H19NO2. The Hall–Kier alpha value is -0.800. The van der Waals surface area contributed by atoms with E-state index < -0.39 is 0 Å². The molecule has 2 unspecified atom stereocenters. The second kappa shape index (κ2) is 5.33. The first-order chi connectivity index (χ1) is 7.40. The minimum Gasteiger partial charge on any atom is -0.468 e. The SMILES string of the molecule is OCC1CCCCC1NCc1ccco1. The van der Waals surface area contributed by atoms with Gasteiger partial charge in [-0.15, -0.1) is 0 Å². The van der Waals surface area contributed by atoms with Crippen molar-refractivity contribution in [1.29, 1.82) is 0 Å². The monoisotopic (exact) mass is 209 g/mol. The van der Waals surface area contributed by atoms with Crippen LogP contribution in [0.4, 0.5) is 0 Å². The van der Waals surface area contributed by atoms with Crippen LogP contribution in [0, 0.1) is 5.92 Å². The highest BCUT2D eigenvalue weighted by Gasteiger charge is 2.23. The molecule has 2 atom stereocenters. The van der Waals surface area contributed by atoms with Gasteiger partial charge in [0.05, 0.1) is 12.8 Å². The zero-order valence-electron chi connectivity index (χ0n) is 8.98. The van der Waals surface area contributed by atoms with Gasteiger partial charge in [0.1, 0.15) is 5.76 Å². The summed E-state index contributed by atoms with van der Waals surface area (Å²) in [6.07, 6.45) is 6.54. The second-order valence-electron chi connectivity index (χ2n) is 4.29. The predicted octanol–water partition coefficient (Wildman–Crippen LogP) is 1.92. The summed E-state index contributed by atoms with van der Waals surface area (Å²) in [5.41, 5.74) is 0. The van der Waals surface area contributed by atoms with Crippen LogP contribution in [0.1, 0.15) is 31.4 Å². The number of rotatable bonds is 4. The Morgan fingerprint density at radius 2 is 2.27 bits per heavy atom. The Kier molecular flexibility index (Phi) is 3.80. The lowest BCUT2D eigenvalue weighted by molar-refractivity contribution is 0.151. The maximum atomic E-state index is 9.26. The number of hydrogen-bond donors (Lipinski definition) is 2. The van der Waals surface area contributed by atoms with Crippen LogP contribution >= 0.6 is 0 Å². The highest BCUT2D eigenvalue weighted by molar-refractivity contribution is 4.98. The van der Waals surface area contributed by atoms with E-state index in [1.54, 1.807) is 6.26 Å². The number of hydrogen-bond acceptors (Lipinski definition) is 3. The van der Waals surface area contributed by atoms with Crippen LogP contribution in [0.5, 0.6) is 0 Å². The Bertz CT molecular complexity index is 271. The van der Waals surface area contributed by atoms with Crippen LogP contribution in [0.15, 0.2) is 22.8 Å². The summed E-state index contributed by atoms with van der Waals surface area (Å²) >= 11 is 0. The maximum absolute atomic E-state index is 9.26. The summed E-state index contributed by atoms with van der Waals surface area (Å²) in [5.74, 6) is 1.39. The molecule has 3 nitrogen and oxygen atoms in total. The van der Waals surface area contributed by atoms with Crippen LogP contribution in [0.2, 0.25) is 0 Å². The topological polar surface area (TPSA) is 45.4 Å². The minimum atomic E-state index is 0.301. The summed E-state index contributed by atoms with van der Waals surface area (Å²) in [4.78, 5) is 0. The van der Waals surface area contributed by atoms with E-state index in [0.29, 0.717) is 18.6 Å². The number of furan rings is 1. The standard InChI is InChI=1S/C12H19NO2/c14-9-10-4-1-2-6-12(10)13-8-11-5-3-7-15-11/h3,5,7,10,12-14H,1-2,4,6,8-9H2. The first-order valence-electron chi connectivity index (χ1n) is 5.77. The molecule has 0 spiro atoms. The summed E-state index contributed by atoms with van der Waals surface area (Å²) in [6, 6.07) is 4.33. The molecule has 1 fully saturated rings. The van der Waals surface area contributed by atoms with Gasteiger partial charge in [0.15, 0.2) is 0 Å². The molecule has 0 amide bonds. The van der Waals surface area contributed by atoms with E-state index >= 15 is 0 Å². The molecule has 0 aliphatic heterocycles. The third kappa shape index (κ3) is 2.83. The van der Waals surface area contributed by atoms with Gasteiger partial charge in [0, 0.05) is 12.6 Å². The van der Waals surface area contributed by atoms with Crippen LogP contribution in [0.25, 0.3) is 0 Å². The molecule has 1 aromatic rings. The minimum absolute atomic E-state index is 0.301. The van der Waals surface area contributed by atoms with Crippen molar-refractivity contribution in [3.05, 3.63) is 24.2 Å². The largest absolute Gasteiger partial charge is 0.468 e. The lowest BCUT2D eigenvalue weighted by Gasteiger charge is -2.30. The highest BCUT2D eigenvalue weighted by atomic mass is 16.3. The fourth-order valence-electron chi connectivity index (χ4n) is 2.34. The van der Waals surface area contributed by atoms with Crippen molar-refractivity contribution in [3.8, 4) is 0 Å². The molecule has 1 heterocycles. The Morgan fingerprint density at radius 3 is 3.00 bits per heavy atom. The van der Waals surface area contributed by atoms with Crippen molar-refractivity contribution < 1.29 is 9.52 Å². The zero-order valence-corrected chi connectivity index (χ0v) is 8.98. The quantitative estimate of drug-likeness (QED) is 0.796. The van der Waals surface area contributed by atoms with E-state index in [2.05, 4.69) is 5.32 Å². The smallest absolute Gasteiger partial charge is 0.117 e. The van der Waals surface area contributed by atoms with E-state index in [4.69, 9.17) is 4.42 Å². The van der Waals surface area contributed by atoms with E-state index in [-0.39, 0.29) is 0 Å². The van der Waals surface area contributed by atoms with Crippen molar-refractivity contribution in [2.75, 3.05) is 6.61 Å². The first kappa shape index (κ1) is 10.7. The molecule has 0 aromatic carbocycles. The molecule has 2 rings (SSSR count). The summed E-state index contributed by atoms with van der Waals surface area (Å²) in [6.45, 7) is 1.07. The molecule has 0 saturated heterocycles. The third-order valence-corrected chi connectivity index (χ3v) is 3.26. The van der Waals surface area contributed by atoms with E-state index in [0.717, 1.165) is 18.7 Å². The van der Waals surface area contributed by atoms with Gasteiger partial charge in [-0.2, -0.15) is 0 Å². The van der Waals surface area contributed by atoms with Crippen LogP contribution < -0.4 is 5.32 Å². The van der Waals surface area contributed by atoms with Crippen molar-refractivity contribution in [2.24, 2.45) is 5.92 Å². The van der Waals surface area contributed by atoms with Gasteiger partial charge in [-0.3, -0.25) is 0 Å². The Labute approximate surface area is 90.5 Å². The van der Waals surface area contributed by atoms with E-state index in [9.17, 15) is 5.11 Å². The molecule has 2 N–H and O–H groups in total. The number of aliphatic hydroxyl groups excluding tert-OH is 1. The van der Waals surface area contributed by atoms with Crippen molar-refractivity contribution in [2.45, 2.75) is 38.3 Å². The van der Waals surface area contributed by atoms with Crippen molar-refractivity contribution >= 4 is 0 Å². The highest BCUT2D eigenvalue weighted by Crippen LogP contribution is 2.24. The van der Waals surface area contributed by atoms with Gasteiger partial charge in [-0.05, 0) is 30.9 Å². The Morgan fingerprint density at radius 1 is 1.40 bits per heavy atom. The molecule has 1 saturated carbocycles. The van der Waals surface area contributed by atoms with Crippen LogP contribution in [-0.4, -0.2) is 17.8 Å². The fraction of sp³-hybridized carbons (Fsp3) is 0.667. The zero-order chi connectivity index (χ0) is 10.5. The lowest BCUT2D eigenvalue weighted by atomic mass is 9.85. The number of nitrogens with one attached hydrogen (secondary N) is 1. The summed E-state index contributed by atoms with van der Waals surface area (Å²) in [7, 11) is 0. The normalized spacial score (nSPS) is 26.7. The maximum Gasteiger partial charge on any atom is 0.117 e. The molecule has 15 heavy (non-hydrogen) atoms. The molecular weight excluding hydrogens is 190 g/mol.